The van der Waals surface area contributed by atoms with Crippen molar-refractivity contribution in [3.05, 3.63) is 53.3 Å². The van der Waals surface area contributed by atoms with Gasteiger partial charge < -0.3 is 10.1 Å². The molecule has 25 heavy (non-hydrogen) atoms. The molecule has 2 aromatic carbocycles. The van der Waals surface area contributed by atoms with Crippen molar-refractivity contribution in [3.63, 3.8) is 0 Å². The first-order chi connectivity index (χ1) is 11.7. The first kappa shape index (κ1) is 19.2. The first-order valence-corrected chi connectivity index (χ1v) is 8.91. The largest absolute Gasteiger partial charge is 0.497 e. The van der Waals surface area contributed by atoms with E-state index in [1.807, 2.05) is 0 Å². The molecule has 1 N–H and O–H groups in total. The number of nitrogens with zero attached hydrogens (tertiary/aromatic N) is 1. The Morgan fingerprint density at radius 1 is 1.24 bits per heavy atom. The van der Waals surface area contributed by atoms with Crippen LogP contribution < -0.4 is 10.1 Å². The van der Waals surface area contributed by atoms with E-state index in [2.05, 4.69) is 5.32 Å². The zero-order valence-corrected chi connectivity index (χ0v) is 15.1. The minimum absolute atomic E-state index is 0.196. The second kappa shape index (κ2) is 7.81. The van der Waals surface area contributed by atoms with Gasteiger partial charge >= 0.3 is 0 Å². The molecule has 0 aliphatic carbocycles. The lowest BCUT2D eigenvalue weighted by molar-refractivity contribution is -0.116. The van der Waals surface area contributed by atoms with Crippen molar-refractivity contribution in [2.45, 2.75) is 4.90 Å². The fourth-order valence-corrected chi connectivity index (χ4v) is 3.38. The molecule has 0 atom stereocenters. The van der Waals surface area contributed by atoms with Crippen LogP contribution >= 0.6 is 11.6 Å². The summed E-state index contributed by atoms with van der Waals surface area (Å²) in [6.45, 7) is -0.413. The normalized spacial score (nSPS) is 11.4. The van der Waals surface area contributed by atoms with Crippen LogP contribution in [0.15, 0.2) is 47.4 Å². The highest BCUT2D eigenvalue weighted by Crippen LogP contribution is 2.22. The average Bonchev–Trinajstić information content (AvgIpc) is 2.57. The number of carbonyl (C=O) groups excluding carboxylic acids is 1. The monoisotopic (exact) mass is 386 g/mol. The van der Waals surface area contributed by atoms with Crippen molar-refractivity contribution in [1.29, 1.82) is 0 Å². The van der Waals surface area contributed by atoms with Gasteiger partial charge in [-0.15, -0.1) is 0 Å². The average molecular weight is 387 g/mol. The van der Waals surface area contributed by atoms with E-state index in [4.69, 9.17) is 16.3 Å². The lowest BCUT2D eigenvalue weighted by Crippen LogP contribution is -2.35. The number of hydrogen-bond acceptors (Lipinski definition) is 4. The number of benzene rings is 2. The number of anilines is 1. The highest BCUT2D eigenvalue weighted by molar-refractivity contribution is 7.89. The summed E-state index contributed by atoms with van der Waals surface area (Å²) in [7, 11) is -1.20. The van der Waals surface area contributed by atoms with Gasteiger partial charge in [-0.05, 0) is 42.5 Å². The molecule has 0 radical (unpaired) electrons. The van der Waals surface area contributed by atoms with Gasteiger partial charge in [-0.3, -0.25) is 4.79 Å². The van der Waals surface area contributed by atoms with Crippen LogP contribution in [0.5, 0.6) is 5.75 Å². The van der Waals surface area contributed by atoms with E-state index in [1.165, 1.54) is 14.2 Å². The van der Waals surface area contributed by atoms with E-state index in [1.54, 1.807) is 24.3 Å². The number of ether oxygens (including phenoxy) is 1. The Morgan fingerprint density at radius 3 is 2.44 bits per heavy atom. The maximum atomic E-state index is 13.2. The minimum atomic E-state index is -3.97. The van der Waals surface area contributed by atoms with Gasteiger partial charge in [0.1, 0.15) is 11.6 Å². The van der Waals surface area contributed by atoms with Crippen molar-refractivity contribution in [1.82, 2.24) is 4.31 Å². The standard InChI is InChI=1S/C16H16ClFN2O4S/c1-20(25(22,23)13-7-8-15(18)14(17)9-13)10-16(21)19-11-3-5-12(24-2)6-4-11/h3-9H,10H2,1-2H3,(H,19,21). The number of rotatable bonds is 6. The maximum absolute atomic E-state index is 13.2. The molecule has 0 aliphatic heterocycles. The van der Waals surface area contributed by atoms with Gasteiger partial charge in [0, 0.05) is 12.7 Å². The van der Waals surface area contributed by atoms with Gasteiger partial charge in [0.05, 0.1) is 23.6 Å². The topological polar surface area (TPSA) is 75.7 Å². The van der Waals surface area contributed by atoms with Gasteiger partial charge in [0.25, 0.3) is 0 Å². The SMILES string of the molecule is COc1ccc(NC(=O)CN(C)S(=O)(=O)c2ccc(F)c(Cl)c2)cc1. The Morgan fingerprint density at radius 2 is 1.88 bits per heavy atom. The second-order valence-electron chi connectivity index (χ2n) is 5.11. The van der Waals surface area contributed by atoms with E-state index >= 15 is 0 Å². The Labute approximate surface area is 150 Å². The lowest BCUT2D eigenvalue weighted by atomic mass is 10.3. The fourth-order valence-electron chi connectivity index (χ4n) is 1.98. The molecule has 134 valence electrons. The van der Waals surface area contributed by atoms with Crippen LogP contribution in [0.4, 0.5) is 10.1 Å². The van der Waals surface area contributed by atoms with Gasteiger partial charge in [-0.2, -0.15) is 4.31 Å². The molecule has 0 spiro atoms. The Kier molecular flexibility index (Phi) is 5.99. The van der Waals surface area contributed by atoms with Crippen LogP contribution in [0.3, 0.4) is 0 Å². The van der Waals surface area contributed by atoms with Crippen LogP contribution in [-0.2, 0) is 14.8 Å². The molecule has 0 bridgehead atoms. The van der Waals surface area contributed by atoms with Crippen molar-refractivity contribution in [3.8, 4) is 5.75 Å². The molecule has 0 aromatic heterocycles. The number of carbonyl (C=O) groups is 1. The first-order valence-electron chi connectivity index (χ1n) is 7.09. The molecule has 1 amide bonds. The molecule has 0 fully saturated rings. The number of likely N-dealkylation sites (N-methyl/N-ethyl adjacent to an activating group) is 1. The van der Waals surface area contributed by atoms with Crippen LogP contribution in [0.25, 0.3) is 0 Å². The summed E-state index contributed by atoms with van der Waals surface area (Å²) >= 11 is 5.61. The summed E-state index contributed by atoms with van der Waals surface area (Å²) < 4.78 is 43.9. The van der Waals surface area contributed by atoms with Crippen molar-refractivity contribution in [2.24, 2.45) is 0 Å². The summed E-state index contributed by atoms with van der Waals surface area (Å²) in [5.41, 5.74) is 0.501. The van der Waals surface area contributed by atoms with Crippen LogP contribution in [0.1, 0.15) is 0 Å². The molecule has 9 heteroatoms. The van der Waals surface area contributed by atoms with E-state index in [-0.39, 0.29) is 9.92 Å². The smallest absolute Gasteiger partial charge is 0.243 e. The third kappa shape index (κ3) is 4.68. The summed E-state index contributed by atoms with van der Waals surface area (Å²) in [5, 5.41) is 2.27. The summed E-state index contributed by atoms with van der Waals surface area (Å²) in [6.07, 6.45) is 0. The summed E-state index contributed by atoms with van der Waals surface area (Å²) in [5.74, 6) is -0.615. The van der Waals surface area contributed by atoms with Crippen LogP contribution in [0, 0.1) is 5.82 Å². The van der Waals surface area contributed by atoms with Crippen molar-refractivity contribution < 1.29 is 22.3 Å². The maximum Gasteiger partial charge on any atom is 0.243 e. The van der Waals surface area contributed by atoms with E-state index in [9.17, 15) is 17.6 Å². The zero-order chi connectivity index (χ0) is 18.6. The van der Waals surface area contributed by atoms with Crippen LogP contribution in [-0.4, -0.2) is 39.3 Å². The Hall–Kier alpha value is -2.16. The third-order valence-corrected chi connectivity index (χ3v) is 5.43. The molecule has 0 saturated carbocycles. The Balaban J connectivity index is 2.07. The predicted octanol–water partition coefficient (Wildman–Crippen LogP) is 2.75. The molecule has 0 saturated heterocycles. The van der Waals surface area contributed by atoms with Crippen LogP contribution in [0.2, 0.25) is 5.02 Å². The number of methoxy groups -OCH3 is 1. The van der Waals surface area contributed by atoms with Gasteiger partial charge in [0.2, 0.25) is 15.9 Å². The molecule has 0 unspecified atom stereocenters. The highest BCUT2D eigenvalue weighted by Gasteiger charge is 2.24. The number of sulfonamides is 1. The number of hydrogen-bond donors (Lipinski definition) is 1. The lowest BCUT2D eigenvalue weighted by Gasteiger charge is -2.17. The summed E-state index contributed by atoms with van der Waals surface area (Å²) in [6, 6.07) is 9.64. The van der Waals surface area contributed by atoms with E-state index in [0.29, 0.717) is 11.4 Å². The van der Waals surface area contributed by atoms with Crippen molar-refractivity contribution in [2.75, 3.05) is 26.0 Å². The van der Waals surface area contributed by atoms with Crippen molar-refractivity contribution >= 4 is 33.2 Å². The number of nitrogens with one attached hydrogen (secondary N) is 1. The molecule has 0 aliphatic rings. The zero-order valence-electron chi connectivity index (χ0n) is 13.5. The molecule has 6 nitrogen and oxygen atoms in total. The molecule has 2 aromatic rings. The van der Waals surface area contributed by atoms with Gasteiger partial charge in [0.15, 0.2) is 0 Å². The van der Waals surface area contributed by atoms with Gasteiger partial charge in [-0.25, -0.2) is 12.8 Å². The minimum Gasteiger partial charge on any atom is -0.497 e. The number of amides is 1. The second-order valence-corrected chi connectivity index (χ2v) is 7.57. The Bertz CT molecular complexity index is 872. The quantitative estimate of drug-likeness (QED) is 0.828. The fraction of sp³-hybridized carbons (Fsp3) is 0.188. The molecular weight excluding hydrogens is 371 g/mol. The highest BCUT2D eigenvalue weighted by atomic mass is 35.5. The molecular formula is C16H16ClFN2O4S. The third-order valence-electron chi connectivity index (χ3n) is 3.34. The van der Waals surface area contributed by atoms with E-state index < -0.39 is 28.3 Å². The number of halogens is 2. The van der Waals surface area contributed by atoms with Gasteiger partial charge in [-0.1, -0.05) is 11.6 Å². The molecule has 2 rings (SSSR count). The molecule has 0 heterocycles. The predicted molar refractivity (Wildman–Crippen MR) is 92.8 cm³/mol. The summed E-state index contributed by atoms with van der Waals surface area (Å²) in [4.78, 5) is 11.8. The van der Waals surface area contributed by atoms with E-state index in [0.717, 1.165) is 22.5 Å².